The highest BCUT2D eigenvalue weighted by atomic mass is 35.5. The van der Waals surface area contributed by atoms with Crippen LogP contribution in [0.1, 0.15) is 40.8 Å². The summed E-state index contributed by atoms with van der Waals surface area (Å²) in [6.07, 6.45) is 0.949. The van der Waals surface area contributed by atoms with E-state index in [9.17, 15) is 9.90 Å². The molecule has 1 atom stereocenters. The molecule has 1 amide bonds. The van der Waals surface area contributed by atoms with Gasteiger partial charge >= 0.3 is 0 Å². The zero-order chi connectivity index (χ0) is 21.3. The lowest BCUT2D eigenvalue weighted by Gasteiger charge is -2.28. The minimum atomic E-state index is -0.359. The first-order chi connectivity index (χ1) is 14.5. The van der Waals surface area contributed by atoms with Crippen LogP contribution in [0.3, 0.4) is 0 Å². The Balaban J connectivity index is 1.79. The molecule has 3 nitrogen and oxygen atoms in total. The molecule has 1 aliphatic heterocycles. The number of benzene rings is 3. The zero-order valence-electron chi connectivity index (χ0n) is 17.1. The third-order valence-corrected chi connectivity index (χ3v) is 5.89. The van der Waals surface area contributed by atoms with E-state index >= 15 is 0 Å². The highest BCUT2D eigenvalue weighted by Crippen LogP contribution is 2.43. The van der Waals surface area contributed by atoms with Gasteiger partial charge in [0.15, 0.2) is 5.76 Å². The molecule has 0 saturated carbocycles. The van der Waals surface area contributed by atoms with Gasteiger partial charge in [-0.1, -0.05) is 84.8 Å². The van der Waals surface area contributed by atoms with Crippen molar-refractivity contribution in [2.75, 3.05) is 0 Å². The van der Waals surface area contributed by atoms with Gasteiger partial charge in [0.1, 0.15) is 0 Å². The number of nitrogens with zero attached hydrogens (tertiary/aromatic N) is 1. The fraction of sp³-hybridized carbons (Fsp3) is 0.192. The Morgan fingerprint density at radius 3 is 2.10 bits per heavy atom. The molecule has 0 saturated heterocycles. The van der Waals surface area contributed by atoms with Crippen molar-refractivity contribution in [3.8, 4) is 0 Å². The van der Waals surface area contributed by atoms with E-state index < -0.39 is 0 Å². The van der Waals surface area contributed by atoms with E-state index in [0.29, 0.717) is 17.1 Å². The second kappa shape index (κ2) is 8.37. The summed E-state index contributed by atoms with van der Waals surface area (Å²) < 4.78 is 0. The maximum Gasteiger partial charge on any atom is 0.290 e. The number of hydrogen-bond acceptors (Lipinski definition) is 2. The quantitative estimate of drug-likeness (QED) is 0.532. The fourth-order valence-corrected chi connectivity index (χ4v) is 4.04. The van der Waals surface area contributed by atoms with Crippen LogP contribution in [0.15, 0.2) is 78.6 Å². The number of hydrogen-bond donors (Lipinski definition) is 1. The standard InChI is InChI=1S/C26H24ClNO2/c1-3-18-6-12-21(13-7-18)24-23(20-10-4-17(2)5-11-20)25(29)26(30)28(24)16-19-8-14-22(27)15-9-19/h4-15,24,29H,3,16H2,1-2H3/t24-/m1/s1. The molecular weight excluding hydrogens is 394 g/mol. The van der Waals surface area contributed by atoms with Crippen LogP contribution < -0.4 is 0 Å². The molecule has 0 unspecified atom stereocenters. The monoisotopic (exact) mass is 417 g/mol. The molecule has 0 spiro atoms. The third-order valence-electron chi connectivity index (χ3n) is 5.64. The number of aliphatic hydroxyl groups is 1. The number of rotatable bonds is 5. The number of carbonyl (C=O) groups is 1. The van der Waals surface area contributed by atoms with Crippen LogP contribution in [-0.4, -0.2) is 15.9 Å². The lowest BCUT2D eigenvalue weighted by Crippen LogP contribution is -2.29. The van der Waals surface area contributed by atoms with Crippen molar-refractivity contribution in [2.45, 2.75) is 32.9 Å². The minimum absolute atomic E-state index is 0.183. The second-order valence-electron chi connectivity index (χ2n) is 7.69. The first kappa shape index (κ1) is 20.2. The van der Waals surface area contributed by atoms with Gasteiger partial charge in [0.05, 0.1) is 6.04 Å². The molecule has 30 heavy (non-hydrogen) atoms. The predicted molar refractivity (Wildman–Crippen MR) is 121 cm³/mol. The average molecular weight is 418 g/mol. The number of aliphatic hydroxyl groups excluding tert-OH is 1. The Labute approximate surface area is 182 Å². The highest BCUT2D eigenvalue weighted by molar-refractivity contribution is 6.30. The molecule has 0 fully saturated rings. The van der Waals surface area contributed by atoms with Gasteiger partial charge in [-0.2, -0.15) is 0 Å². The minimum Gasteiger partial charge on any atom is -0.503 e. The molecule has 0 aliphatic carbocycles. The normalized spacial score (nSPS) is 16.4. The van der Waals surface area contributed by atoms with Crippen LogP contribution >= 0.6 is 11.6 Å². The Morgan fingerprint density at radius 1 is 0.900 bits per heavy atom. The van der Waals surface area contributed by atoms with Crippen LogP contribution in [0.5, 0.6) is 0 Å². The Bertz CT molecular complexity index is 1080. The Kier molecular flexibility index (Phi) is 5.65. The largest absolute Gasteiger partial charge is 0.503 e. The number of carbonyl (C=O) groups excluding carboxylic acids is 1. The number of aryl methyl sites for hydroxylation is 2. The lowest BCUT2D eigenvalue weighted by atomic mass is 9.92. The summed E-state index contributed by atoms with van der Waals surface area (Å²) in [6, 6.07) is 23.3. The van der Waals surface area contributed by atoms with Crippen molar-refractivity contribution < 1.29 is 9.90 Å². The molecule has 152 valence electrons. The van der Waals surface area contributed by atoms with Crippen molar-refractivity contribution in [3.05, 3.63) is 111 Å². The van der Waals surface area contributed by atoms with E-state index in [1.54, 1.807) is 4.90 Å². The predicted octanol–water partition coefficient (Wildman–Crippen LogP) is 6.26. The van der Waals surface area contributed by atoms with Gasteiger partial charge < -0.3 is 10.0 Å². The van der Waals surface area contributed by atoms with E-state index in [1.165, 1.54) is 5.56 Å². The summed E-state index contributed by atoms with van der Waals surface area (Å²) >= 11 is 6.02. The van der Waals surface area contributed by atoms with Gasteiger partial charge in [-0.05, 0) is 47.7 Å². The summed E-state index contributed by atoms with van der Waals surface area (Å²) in [4.78, 5) is 14.9. The average Bonchev–Trinajstić information content (AvgIpc) is 3.01. The highest BCUT2D eigenvalue weighted by Gasteiger charge is 2.40. The van der Waals surface area contributed by atoms with E-state index in [2.05, 4.69) is 31.2 Å². The molecule has 0 aromatic heterocycles. The molecule has 3 aromatic carbocycles. The molecule has 3 aromatic rings. The summed E-state index contributed by atoms with van der Waals surface area (Å²) in [7, 11) is 0. The van der Waals surface area contributed by atoms with Crippen molar-refractivity contribution in [3.63, 3.8) is 0 Å². The summed E-state index contributed by atoms with van der Waals surface area (Å²) in [5, 5.41) is 11.5. The van der Waals surface area contributed by atoms with Crippen LogP contribution in [0, 0.1) is 6.92 Å². The van der Waals surface area contributed by atoms with E-state index in [1.807, 2.05) is 55.5 Å². The molecule has 4 heteroatoms. The summed E-state index contributed by atoms with van der Waals surface area (Å²) in [6.45, 7) is 4.52. The molecule has 1 aliphatic rings. The maximum atomic E-state index is 13.1. The summed E-state index contributed by atoms with van der Waals surface area (Å²) in [5.74, 6) is -0.539. The van der Waals surface area contributed by atoms with Crippen LogP contribution in [0.2, 0.25) is 5.02 Å². The first-order valence-corrected chi connectivity index (χ1v) is 10.5. The Morgan fingerprint density at radius 2 is 1.50 bits per heavy atom. The van der Waals surface area contributed by atoms with E-state index in [4.69, 9.17) is 11.6 Å². The number of halogens is 1. The van der Waals surface area contributed by atoms with Gasteiger partial charge in [0.25, 0.3) is 5.91 Å². The van der Waals surface area contributed by atoms with Gasteiger partial charge in [-0.3, -0.25) is 4.79 Å². The van der Waals surface area contributed by atoms with Gasteiger partial charge in [0, 0.05) is 17.1 Å². The second-order valence-corrected chi connectivity index (χ2v) is 8.12. The fourth-order valence-electron chi connectivity index (χ4n) is 3.91. The topological polar surface area (TPSA) is 40.5 Å². The van der Waals surface area contributed by atoms with E-state index in [0.717, 1.165) is 28.7 Å². The van der Waals surface area contributed by atoms with Gasteiger partial charge in [-0.15, -0.1) is 0 Å². The van der Waals surface area contributed by atoms with Gasteiger partial charge in [-0.25, -0.2) is 0 Å². The van der Waals surface area contributed by atoms with Crippen LogP contribution in [-0.2, 0) is 17.8 Å². The molecule has 1 heterocycles. The maximum absolute atomic E-state index is 13.1. The summed E-state index contributed by atoms with van der Waals surface area (Å²) in [5.41, 5.74) is 5.81. The van der Waals surface area contributed by atoms with Crippen LogP contribution in [0.4, 0.5) is 0 Å². The molecule has 1 N–H and O–H groups in total. The molecule has 0 bridgehead atoms. The number of amides is 1. The van der Waals surface area contributed by atoms with Crippen molar-refractivity contribution in [1.29, 1.82) is 0 Å². The van der Waals surface area contributed by atoms with Crippen molar-refractivity contribution in [1.82, 2.24) is 4.90 Å². The van der Waals surface area contributed by atoms with Crippen molar-refractivity contribution in [2.24, 2.45) is 0 Å². The SMILES string of the molecule is CCc1ccc([C@@H]2C(c3ccc(C)cc3)=C(O)C(=O)N2Cc2ccc(Cl)cc2)cc1. The molecule has 0 radical (unpaired) electrons. The van der Waals surface area contributed by atoms with Crippen LogP contribution in [0.25, 0.3) is 5.57 Å². The van der Waals surface area contributed by atoms with E-state index in [-0.39, 0.29) is 17.7 Å². The Hall–Kier alpha value is -3.04. The molecular formula is C26H24ClNO2. The smallest absolute Gasteiger partial charge is 0.290 e. The first-order valence-electron chi connectivity index (χ1n) is 10.1. The third kappa shape index (κ3) is 3.86. The lowest BCUT2D eigenvalue weighted by molar-refractivity contribution is -0.130. The van der Waals surface area contributed by atoms with Gasteiger partial charge in [0.2, 0.25) is 0 Å². The molecule has 4 rings (SSSR count). The zero-order valence-corrected chi connectivity index (χ0v) is 17.9. The van der Waals surface area contributed by atoms with Crippen molar-refractivity contribution >= 4 is 23.1 Å².